The second-order valence-corrected chi connectivity index (χ2v) is 10.3. The minimum Gasteiger partial charge on any atom is -0.263 e. The molecule has 0 saturated carbocycles. The van der Waals surface area contributed by atoms with Crippen molar-refractivity contribution in [3.63, 3.8) is 0 Å². The van der Waals surface area contributed by atoms with Crippen LogP contribution in [0.5, 0.6) is 0 Å². The first-order valence-corrected chi connectivity index (χ1v) is 11.1. The normalized spacial score (nSPS) is 12.2. The molecule has 0 aliphatic heterocycles. The number of sulfonamides is 1. The first kappa shape index (κ1) is 20.5. The molecule has 1 aromatic carbocycles. The fourth-order valence-corrected chi connectivity index (χ4v) is 5.16. The highest BCUT2D eigenvalue weighted by Crippen LogP contribution is 2.30. The van der Waals surface area contributed by atoms with Crippen molar-refractivity contribution in [2.45, 2.75) is 44.9 Å². The molecule has 3 aromatic rings. The van der Waals surface area contributed by atoms with Gasteiger partial charge in [0.05, 0.1) is 10.6 Å². The average molecular weight is 463 g/mol. The molecule has 2 aromatic heterocycles. The highest BCUT2D eigenvalue weighted by atomic mass is 79.9. The van der Waals surface area contributed by atoms with E-state index < -0.39 is 10.0 Å². The van der Waals surface area contributed by atoms with Crippen LogP contribution in [0.1, 0.15) is 37.6 Å². The lowest BCUT2D eigenvalue weighted by atomic mass is 9.92. The lowest BCUT2D eigenvalue weighted by Crippen LogP contribution is -2.18. The predicted octanol–water partition coefficient (Wildman–Crippen LogP) is 4.74. The van der Waals surface area contributed by atoms with Crippen molar-refractivity contribution in [2.75, 3.05) is 4.72 Å². The summed E-state index contributed by atoms with van der Waals surface area (Å²) in [5.41, 5.74) is 1.85. The van der Waals surface area contributed by atoms with Gasteiger partial charge in [-0.25, -0.2) is 13.4 Å². The second-order valence-electron chi connectivity index (χ2n) is 7.74. The number of anilines is 1. The van der Waals surface area contributed by atoms with E-state index in [9.17, 15) is 8.42 Å². The van der Waals surface area contributed by atoms with Crippen molar-refractivity contribution in [3.05, 3.63) is 63.9 Å². The second kappa shape index (κ2) is 7.33. The molecule has 0 amide bonds. The molecule has 0 saturated heterocycles. The van der Waals surface area contributed by atoms with Crippen LogP contribution in [0, 0.1) is 13.8 Å². The van der Waals surface area contributed by atoms with Crippen molar-refractivity contribution in [1.29, 1.82) is 0 Å². The number of pyridine rings is 1. The van der Waals surface area contributed by atoms with E-state index in [2.05, 4.69) is 30.7 Å². The monoisotopic (exact) mass is 462 g/mol. The highest BCUT2D eigenvalue weighted by Gasteiger charge is 2.26. The number of hydrogen-bond acceptors (Lipinski definition) is 4. The Balaban J connectivity index is 2.13. The topological polar surface area (TPSA) is 76.9 Å². The predicted molar refractivity (Wildman–Crippen MR) is 114 cm³/mol. The molecule has 0 spiro atoms. The molecule has 3 rings (SSSR count). The van der Waals surface area contributed by atoms with Crippen LogP contribution < -0.4 is 4.72 Å². The molecule has 28 heavy (non-hydrogen) atoms. The summed E-state index contributed by atoms with van der Waals surface area (Å²) in [6, 6.07) is 10.8. The summed E-state index contributed by atoms with van der Waals surface area (Å²) in [4.78, 5) is 4.58. The molecule has 0 aliphatic rings. The van der Waals surface area contributed by atoms with Gasteiger partial charge in [0.25, 0.3) is 10.0 Å². The van der Waals surface area contributed by atoms with E-state index in [-0.39, 0.29) is 10.3 Å². The summed E-state index contributed by atoms with van der Waals surface area (Å²) >= 11 is 3.41. The summed E-state index contributed by atoms with van der Waals surface area (Å²) in [5.74, 6) is 0.894. The van der Waals surface area contributed by atoms with Crippen molar-refractivity contribution in [2.24, 2.45) is 0 Å². The van der Waals surface area contributed by atoms with Gasteiger partial charge in [0.1, 0.15) is 5.82 Å². The quantitative estimate of drug-likeness (QED) is 0.606. The van der Waals surface area contributed by atoms with Gasteiger partial charge in [0, 0.05) is 22.2 Å². The van der Waals surface area contributed by atoms with E-state index in [0.717, 1.165) is 10.2 Å². The van der Waals surface area contributed by atoms with Crippen LogP contribution in [0.4, 0.5) is 5.82 Å². The summed E-state index contributed by atoms with van der Waals surface area (Å²) in [6.45, 7) is 9.64. The third-order valence-corrected chi connectivity index (χ3v) is 6.39. The Hall–Kier alpha value is -2.19. The lowest BCUT2D eigenvalue weighted by Gasteiger charge is -2.14. The molecule has 1 N–H and O–H groups in total. The molecule has 0 bridgehead atoms. The molecule has 0 atom stereocenters. The maximum absolute atomic E-state index is 13.2. The number of rotatable bonds is 4. The van der Waals surface area contributed by atoms with E-state index in [1.165, 1.54) is 4.68 Å². The molecule has 2 heterocycles. The minimum atomic E-state index is -3.81. The van der Waals surface area contributed by atoms with Crippen LogP contribution >= 0.6 is 15.9 Å². The van der Waals surface area contributed by atoms with E-state index >= 15 is 0 Å². The third-order valence-electron chi connectivity index (χ3n) is 4.28. The van der Waals surface area contributed by atoms with E-state index in [0.29, 0.717) is 22.8 Å². The maximum atomic E-state index is 13.2. The van der Waals surface area contributed by atoms with Gasteiger partial charge in [0.2, 0.25) is 0 Å². The summed E-state index contributed by atoms with van der Waals surface area (Å²) < 4.78 is 31.5. The number of aryl methyl sites for hydroxylation is 2. The van der Waals surface area contributed by atoms with Gasteiger partial charge in [-0.15, -0.1) is 0 Å². The van der Waals surface area contributed by atoms with Crippen LogP contribution in [0.15, 0.2) is 52.0 Å². The Labute approximate surface area is 174 Å². The Morgan fingerprint density at radius 3 is 2.25 bits per heavy atom. The van der Waals surface area contributed by atoms with Gasteiger partial charge >= 0.3 is 0 Å². The fourth-order valence-electron chi connectivity index (χ4n) is 2.98. The Kier molecular flexibility index (Phi) is 5.38. The number of halogens is 1. The largest absolute Gasteiger partial charge is 0.263 e. The minimum absolute atomic E-state index is 0.246. The molecule has 0 unspecified atom stereocenters. The molecule has 148 valence electrons. The smallest absolute Gasteiger partial charge is 0.263 e. The molecular weight excluding hydrogens is 440 g/mol. The zero-order valence-corrected chi connectivity index (χ0v) is 18.9. The van der Waals surface area contributed by atoms with Crippen molar-refractivity contribution < 1.29 is 8.42 Å². The molecule has 6 nitrogen and oxygen atoms in total. The van der Waals surface area contributed by atoms with Gasteiger partial charge in [-0.1, -0.05) is 42.8 Å². The van der Waals surface area contributed by atoms with Gasteiger partial charge < -0.3 is 0 Å². The summed E-state index contributed by atoms with van der Waals surface area (Å²) in [6.07, 6.45) is 1.65. The first-order chi connectivity index (χ1) is 13.0. The summed E-state index contributed by atoms with van der Waals surface area (Å²) in [7, 11) is -3.81. The highest BCUT2D eigenvalue weighted by molar-refractivity contribution is 9.10. The van der Waals surface area contributed by atoms with Crippen LogP contribution in [-0.4, -0.2) is 23.2 Å². The van der Waals surface area contributed by atoms with E-state index in [4.69, 9.17) is 0 Å². The van der Waals surface area contributed by atoms with Crippen LogP contribution in [-0.2, 0) is 15.4 Å². The first-order valence-electron chi connectivity index (χ1n) is 8.80. The fraction of sp³-hybridized carbons (Fsp3) is 0.300. The SMILES string of the molecule is Cc1cc(Br)cc(C)c1S(=O)(=O)Nc1cc(C(C)(C)C)nn1-c1ccccn1. The van der Waals surface area contributed by atoms with Crippen LogP contribution in [0.2, 0.25) is 0 Å². The third kappa shape index (κ3) is 4.12. The summed E-state index contributed by atoms with van der Waals surface area (Å²) in [5, 5.41) is 4.61. The zero-order valence-electron chi connectivity index (χ0n) is 16.5. The van der Waals surface area contributed by atoms with Gasteiger partial charge in [-0.3, -0.25) is 4.72 Å². The number of nitrogens with zero attached hydrogens (tertiary/aromatic N) is 3. The van der Waals surface area contributed by atoms with E-state index in [1.807, 2.05) is 26.8 Å². The van der Waals surface area contributed by atoms with Crippen molar-refractivity contribution >= 4 is 31.8 Å². The standard InChI is InChI=1S/C20H23BrN4O2S/c1-13-10-15(21)11-14(2)19(13)28(26,27)24-18-12-16(20(3,4)5)23-25(18)17-8-6-7-9-22-17/h6-12,24H,1-5H3. The van der Waals surface area contributed by atoms with Crippen LogP contribution in [0.25, 0.3) is 5.82 Å². The molecule has 0 aliphatic carbocycles. The lowest BCUT2D eigenvalue weighted by molar-refractivity contribution is 0.559. The molecular formula is C20H23BrN4O2S. The van der Waals surface area contributed by atoms with Gasteiger partial charge in [-0.05, 0) is 49.2 Å². The Morgan fingerprint density at radius 1 is 1.07 bits per heavy atom. The van der Waals surface area contributed by atoms with Gasteiger partial charge in [-0.2, -0.15) is 9.78 Å². The average Bonchev–Trinajstić information content (AvgIpc) is 2.97. The zero-order chi connectivity index (χ0) is 20.7. The van der Waals surface area contributed by atoms with E-state index in [1.54, 1.807) is 50.4 Å². The molecule has 0 fully saturated rings. The number of benzene rings is 1. The van der Waals surface area contributed by atoms with Gasteiger partial charge in [0.15, 0.2) is 5.82 Å². The number of aromatic nitrogens is 3. The van der Waals surface area contributed by atoms with Crippen molar-refractivity contribution in [1.82, 2.24) is 14.8 Å². The Bertz CT molecular complexity index is 1090. The molecule has 8 heteroatoms. The number of hydrogen-bond donors (Lipinski definition) is 1. The number of nitrogens with one attached hydrogen (secondary N) is 1. The van der Waals surface area contributed by atoms with Crippen LogP contribution in [0.3, 0.4) is 0 Å². The molecule has 0 radical (unpaired) electrons. The Morgan fingerprint density at radius 2 is 1.71 bits per heavy atom. The maximum Gasteiger partial charge on any atom is 0.263 e. The van der Waals surface area contributed by atoms with Crippen molar-refractivity contribution in [3.8, 4) is 5.82 Å².